The second kappa shape index (κ2) is 7.98. The number of likely N-dealkylation sites (tertiary alicyclic amines) is 1. The van der Waals surface area contributed by atoms with Crippen LogP contribution in [0.5, 0.6) is 0 Å². The van der Waals surface area contributed by atoms with Crippen LogP contribution in [-0.4, -0.2) is 50.5 Å². The molecular formula is C16H20N4O4S. The number of anilines is 1. The average Bonchev–Trinajstić information content (AvgIpc) is 2.55. The molecule has 0 aliphatic carbocycles. The Morgan fingerprint density at radius 2 is 1.84 bits per heavy atom. The third kappa shape index (κ3) is 5.76. The van der Waals surface area contributed by atoms with E-state index in [0.29, 0.717) is 37.2 Å². The zero-order valence-corrected chi connectivity index (χ0v) is 14.7. The maximum atomic E-state index is 12.3. The lowest BCUT2D eigenvalue weighted by molar-refractivity contribution is -0.131. The normalized spacial score (nSPS) is 15.3. The summed E-state index contributed by atoms with van der Waals surface area (Å²) in [7, 11) is -3.35. The Morgan fingerprint density at radius 3 is 2.36 bits per heavy atom. The van der Waals surface area contributed by atoms with Gasteiger partial charge in [0.1, 0.15) is 6.42 Å². The predicted octanol–water partition coefficient (Wildman–Crippen LogP) is 0.693. The van der Waals surface area contributed by atoms with Crippen molar-refractivity contribution in [3.05, 3.63) is 29.8 Å². The molecule has 2 amide bonds. The van der Waals surface area contributed by atoms with E-state index in [4.69, 9.17) is 5.26 Å². The van der Waals surface area contributed by atoms with Crippen molar-refractivity contribution in [3.8, 4) is 6.07 Å². The van der Waals surface area contributed by atoms with Gasteiger partial charge in [-0.2, -0.15) is 5.26 Å². The number of sulfonamides is 1. The van der Waals surface area contributed by atoms with Gasteiger partial charge < -0.3 is 10.2 Å². The van der Waals surface area contributed by atoms with Crippen molar-refractivity contribution in [2.45, 2.75) is 25.3 Å². The van der Waals surface area contributed by atoms with Crippen molar-refractivity contribution in [1.29, 1.82) is 5.26 Å². The van der Waals surface area contributed by atoms with Crippen molar-refractivity contribution in [1.82, 2.24) is 10.2 Å². The fourth-order valence-corrected chi connectivity index (χ4v) is 3.19. The lowest BCUT2D eigenvalue weighted by Crippen LogP contribution is -2.46. The third-order valence-corrected chi connectivity index (χ3v) is 4.47. The Morgan fingerprint density at radius 1 is 1.24 bits per heavy atom. The van der Waals surface area contributed by atoms with Crippen molar-refractivity contribution in [2.24, 2.45) is 0 Å². The van der Waals surface area contributed by atoms with Gasteiger partial charge in [0, 0.05) is 30.4 Å². The summed E-state index contributed by atoms with van der Waals surface area (Å²) in [4.78, 5) is 25.5. The van der Waals surface area contributed by atoms with Crippen LogP contribution in [0.4, 0.5) is 5.69 Å². The number of hydrogen-bond donors (Lipinski definition) is 2. The van der Waals surface area contributed by atoms with Gasteiger partial charge in [-0.3, -0.25) is 14.3 Å². The monoisotopic (exact) mass is 364 g/mol. The molecule has 0 unspecified atom stereocenters. The lowest BCUT2D eigenvalue weighted by Gasteiger charge is -2.32. The SMILES string of the molecule is CS(=O)(=O)Nc1ccc(C(=O)NC2CCN(C(=O)CC#N)CC2)cc1. The number of nitrogens with zero attached hydrogens (tertiary/aromatic N) is 2. The summed E-state index contributed by atoms with van der Waals surface area (Å²) in [6.45, 7) is 1.03. The van der Waals surface area contributed by atoms with Gasteiger partial charge in [-0.05, 0) is 37.1 Å². The molecule has 9 heteroatoms. The molecule has 1 aromatic carbocycles. The highest BCUT2D eigenvalue weighted by Gasteiger charge is 2.23. The lowest BCUT2D eigenvalue weighted by atomic mass is 10.0. The van der Waals surface area contributed by atoms with Gasteiger partial charge in [0.25, 0.3) is 5.91 Å². The number of piperidine rings is 1. The summed E-state index contributed by atoms with van der Waals surface area (Å²) < 4.78 is 24.7. The molecular weight excluding hydrogens is 344 g/mol. The van der Waals surface area contributed by atoms with E-state index < -0.39 is 10.0 Å². The Balaban J connectivity index is 1.87. The molecule has 1 aromatic rings. The second-order valence-electron chi connectivity index (χ2n) is 5.91. The first-order valence-corrected chi connectivity index (χ1v) is 9.71. The minimum atomic E-state index is -3.35. The van der Waals surface area contributed by atoms with Crippen LogP contribution in [0.25, 0.3) is 0 Å². The molecule has 0 aromatic heterocycles. The minimum absolute atomic E-state index is 0.0348. The van der Waals surface area contributed by atoms with Crippen LogP contribution in [0.2, 0.25) is 0 Å². The van der Waals surface area contributed by atoms with Crippen molar-refractivity contribution >= 4 is 27.5 Å². The Labute approximate surface area is 146 Å². The molecule has 2 rings (SSSR count). The molecule has 2 N–H and O–H groups in total. The van der Waals surface area contributed by atoms with E-state index in [1.165, 1.54) is 12.1 Å². The summed E-state index contributed by atoms with van der Waals surface area (Å²) in [5, 5.41) is 11.5. The molecule has 1 aliphatic rings. The van der Waals surface area contributed by atoms with Crippen LogP contribution in [0.15, 0.2) is 24.3 Å². The first kappa shape index (κ1) is 18.7. The molecule has 1 saturated heterocycles. The summed E-state index contributed by atoms with van der Waals surface area (Å²) in [6.07, 6.45) is 2.21. The number of rotatable bonds is 5. The highest BCUT2D eigenvalue weighted by molar-refractivity contribution is 7.92. The second-order valence-corrected chi connectivity index (χ2v) is 7.66. The zero-order valence-electron chi connectivity index (χ0n) is 13.9. The van der Waals surface area contributed by atoms with Gasteiger partial charge in [-0.15, -0.1) is 0 Å². The summed E-state index contributed by atoms with van der Waals surface area (Å²) >= 11 is 0. The van der Waals surface area contributed by atoms with Crippen LogP contribution < -0.4 is 10.0 Å². The number of carbonyl (C=O) groups excluding carboxylic acids is 2. The van der Waals surface area contributed by atoms with Crippen LogP contribution in [-0.2, 0) is 14.8 Å². The highest BCUT2D eigenvalue weighted by atomic mass is 32.2. The number of nitriles is 1. The molecule has 1 fully saturated rings. The fourth-order valence-electron chi connectivity index (χ4n) is 2.63. The Hall–Kier alpha value is -2.60. The van der Waals surface area contributed by atoms with E-state index in [1.54, 1.807) is 17.0 Å². The molecule has 0 bridgehead atoms. The van der Waals surface area contributed by atoms with Crippen LogP contribution >= 0.6 is 0 Å². The molecule has 0 radical (unpaired) electrons. The third-order valence-electron chi connectivity index (χ3n) is 3.86. The first-order chi connectivity index (χ1) is 11.8. The van der Waals surface area contributed by atoms with Crippen molar-refractivity contribution in [3.63, 3.8) is 0 Å². The molecule has 1 heterocycles. The van der Waals surface area contributed by atoms with E-state index in [0.717, 1.165) is 6.26 Å². The van der Waals surface area contributed by atoms with Gasteiger partial charge in [0.2, 0.25) is 15.9 Å². The average molecular weight is 364 g/mol. The maximum Gasteiger partial charge on any atom is 0.251 e. The van der Waals surface area contributed by atoms with Crippen LogP contribution in [0.3, 0.4) is 0 Å². The molecule has 134 valence electrons. The largest absolute Gasteiger partial charge is 0.349 e. The van der Waals surface area contributed by atoms with Gasteiger partial charge >= 0.3 is 0 Å². The first-order valence-electron chi connectivity index (χ1n) is 7.82. The zero-order chi connectivity index (χ0) is 18.4. The fraction of sp³-hybridized carbons (Fsp3) is 0.438. The topological polar surface area (TPSA) is 119 Å². The molecule has 1 aliphatic heterocycles. The van der Waals surface area contributed by atoms with Gasteiger partial charge in [0.05, 0.1) is 12.3 Å². The van der Waals surface area contributed by atoms with Gasteiger partial charge in [-0.1, -0.05) is 0 Å². The Bertz CT molecular complexity index is 775. The minimum Gasteiger partial charge on any atom is -0.349 e. The predicted molar refractivity (Wildman–Crippen MR) is 92.2 cm³/mol. The number of benzene rings is 1. The number of carbonyl (C=O) groups is 2. The summed E-state index contributed by atoms with van der Waals surface area (Å²) in [5.74, 6) is -0.422. The molecule has 25 heavy (non-hydrogen) atoms. The van der Waals surface area contributed by atoms with Gasteiger partial charge in [0.15, 0.2) is 0 Å². The Kier molecular flexibility index (Phi) is 5.98. The van der Waals surface area contributed by atoms with E-state index in [2.05, 4.69) is 10.0 Å². The quantitative estimate of drug-likeness (QED) is 0.797. The van der Waals surface area contributed by atoms with E-state index in [1.807, 2.05) is 6.07 Å². The van der Waals surface area contributed by atoms with Crippen molar-refractivity contribution in [2.75, 3.05) is 24.1 Å². The molecule has 0 saturated carbocycles. The van der Waals surface area contributed by atoms with E-state index >= 15 is 0 Å². The van der Waals surface area contributed by atoms with Crippen LogP contribution in [0, 0.1) is 11.3 Å². The van der Waals surface area contributed by atoms with Gasteiger partial charge in [-0.25, -0.2) is 8.42 Å². The number of amides is 2. The number of hydrogen-bond acceptors (Lipinski definition) is 5. The molecule has 0 atom stereocenters. The maximum absolute atomic E-state index is 12.3. The molecule has 0 spiro atoms. The highest BCUT2D eigenvalue weighted by Crippen LogP contribution is 2.14. The standard InChI is InChI=1S/C16H20N4O4S/c1-25(23,24)19-14-4-2-12(3-5-14)16(22)18-13-7-10-20(11-8-13)15(21)6-9-17/h2-5,13,19H,6-8,10-11H2,1H3,(H,18,22). The summed E-state index contributed by atoms with van der Waals surface area (Å²) in [5.41, 5.74) is 0.824. The van der Waals surface area contributed by atoms with Crippen LogP contribution in [0.1, 0.15) is 29.6 Å². The smallest absolute Gasteiger partial charge is 0.251 e. The van der Waals surface area contributed by atoms with Crippen molar-refractivity contribution < 1.29 is 18.0 Å². The van der Waals surface area contributed by atoms with E-state index in [-0.39, 0.29) is 24.3 Å². The summed E-state index contributed by atoms with van der Waals surface area (Å²) in [6, 6.07) is 7.96. The molecule has 8 nitrogen and oxygen atoms in total. The van der Waals surface area contributed by atoms with E-state index in [9.17, 15) is 18.0 Å². The number of nitrogens with one attached hydrogen (secondary N) is 2.